The molecule has 182 valence electrons. The first-order valence-electron chi connectivity index (χ1n) is 11.8. The molecule has 0 radical (unpaired) electrons. The maximum atomic E-state index is 12.7. The Morgan fingerprint density at radius 3 is 2.00 bits per heavy atom. The summed E-state index contributed by atoms with van der Waals surface area (Å²) in [5.41, 5.74) is 4.41. The number of carbonyl (C=O) groups excluding carboxylic acids is 2. The predicted octanol–water partition coefficient (Wildman–Crippen LogP) is 4.70. The van der Waals surface area contributed by atoms with Crippen LogP contribution in [0.25, 0.3) is 11.1 Å². The Hall–Kier alpha value is -3.35. The molecule has 34 heavy (non-hydrogen) atoms. The van der Waals surface area contributed by atoms with Gasteiger partial charge in [-0.25, -0.2) is 9.59 Å². The van der Waals surface area contributed by atoms with Crippen LogP contribution >= 0.6 is 0 Å². The molecule has 0 aromatic heterocycles. The summed E-state index contributed by atoms with van der Waals surface area (Å²) in [5, 5.41) is 14.6. The van der Waals surface area contributed by atoms with Crippen LogP contribution in [0.4, 0.5) is 4.79 Å². The highest BCUT2D eigenvalue weighted by Crippen LogP contribution is 2.44. The molecule has 0 heterocycles. The van der Waals surface area contributed by atoms with Crippen molar-refractivity contribution in [3.05, 3.63) is 59.7 Å². The van der Waals surface area contributed by atoms with Gasteiger partial charge in [-0.1, -0.05) is 76.2 Å². The summed E-state index contributed by atoms with van der Waals surface area (Å²) in [5.74, 6) is -1.70. The molecule has 2 aromatic carbocycles. The molecule has 1 aliphatic rings. The van der Waals surface area contributed by atoms with E-state index in [1.807, 2.05) is 57.2 Å². The van der Waals surface area contributed by atoms with Gasteiger partial charge in [0.15, 0.2) is 0 Å². The van der Waals surface area contributed by atoms with Gasteiger partial charge in [-0.05, 0) is 46.9 Å². The average molecular weight is 467 g/mol. The molecule has 2 amide bonds. The fraction of sp³-hybridized carbons (Fsp3) is 0.444. The van der Waals surface area contributed by atoms with E-state index in [0.717, 1.165) is 22.3 Å². The van der Waals surface area contributed by atoms with Crippen molar-refractivity contribution in [2.24, 2.45) is 5.41 Å². The van der Waals surface area contributed by atoms with Crippen molar-refractivity contribution in [2.75, 3.05) is 6.61 Å². The van der Waals surface area contributed by atoms with Gasteiger partial charge in [-0.2, -0.15) is 0 Å². The third kappa shape index (κ3) is 6.16. The summed E-state index contributed by atoms with van der Waals surface area (Å²) >= 11 is 0. The van der Waals surface area contributed by atoms with Crippen molar-refractivity contribution >= 4 is 18.0 Å². The van der Waals surface area contributed by atoms with E-state index in [-0.39, 0.29) is 17.9 Å². The van der Waals surface area contributed by atoms with Gasteiger partial charge in [-0.3, -0.25) is 4.79 Å². The Labute approximate surface area is 200 Å². The zero-order chi connectivity index (χ0) is 24.9. The van der Waals surface area contributed by atoms with Crippen LogP contribution in [0, 0.1) is 5.41 Å². The van der Waals surface area contributed by atoms with Crippen LogP contribution in [0.1, 0.15) is 64.0 Å². The van der Waals surface area contributed by atoms with Crippen LogP contribution in [0.3, 0.4) is 0 Å². The molecule has 7 heteroatoms. The third-order valence-electron chi connectivity index (χ3n) is 6.16. The first kappa shape index (κ1) is 25.3. The van der Waals surface area contributed by atoms with E-state index in [1.165, 1.54) is 0 Å². The molecule has 0 aliphatic heterocycles. The lowest BCUT2D eigenvalue weighted by Gasteiger charge is -2.24. The van der Waals surface area contributed by atoms with E-state index in [9.17, 15) is 19.5 Å². The third-order valence-corrected chi connectivity index (χ3v) is 6.16. The van der Waals surface area contributed by atoms with Crippen LogP contribution in [0.5, 0.6) is 0 Å². The maximum Gasteiger partial charge on any atom is 0.407 e. The molecule has 0 saturated carbocycles. The number of alkyl carbamates (subject to hydrolysis) is 1. The van der Waals surface area contributed by atoms with E-state index in [0.29, 0.717) is 19.3 Å². The van der Waals surface area contributed by atoms with Gasteiger partial charge in [0, 0.05) is 5.92 Å². The monoisotopic (exact) mass is 466 g/mol. The molecule has 1 unspecified atom stereocenters. The number of benzene rings is 2. The number of amides is 2. The van der Waals surface area contributed by atoms with Crippen molar-refractivity contribution < 1.29 is 24.2 Å². The number of ether oxygens (including phenoxy) is 1. The van der Waals surface area contributed by atoms with Crippen molar-refractivity contribution in [3.8, 4) is 11.1 Å². The van der Waals surface area contributed by atoms with Crippen molar-refractivity contribution in [1.82, 2.24) is 10.6 Å². The number of carbonyl (C=O) groups is 3. The highest BCUT2D eigenvalue weighted by molar-refractivity contribution is 5.89. The Kier molecular flexibility index (Phi) is 7.97. The lowest BCUT2D eigenvalue weighted by molar-refractivity contribution is -0.142. The molecule has 0 fully saturated rings. The summed E-state index contributed by atoms with van der Waals surface area (Å²) in [7, 11) is 0. The van der Waals surface area contributed by atoms with E-state index in [4.69, 9.17) is 4.74 Å². The maximum absolute atomic E-state index is 12.7. The Morgan fingerprint density at radius 1 is 0.941 bits per heavy atom. The minimum atomic E-state index is -1.09. The van der Waals surface area contributed by atoms with Crippen LogP contribution in [-0.4, -0.2) is 41.8 Å². The van der Waals surface area contributed by atoms with Crippen LogP contribution in [0.15, 0.2) is 48.5 Å². The second kappa shape index (κ2) is 10.7. The quantitative estimate of drug-likeness (QED) is 0.497. The first-order valence-corrected chi connectivity index (χ1v) is 11.8. The topological polar surface area (TPSA) is 105 Å². The summed E-state index contributed by atoms with van der Waals surface area (Å²) in [4.78, 5) is 36.8. The summed E-state index contributed by atoms with van der Waals surface area (Å²) in [6, 6.07) is 14.2. The number of rotatable bonds is 9. The average Bonchev–Trinajstić information content (AvgIpc) is 3.11. The smallest absolute Gasteiger partial charge is 0.407 e. The molecule has 3 N–H and O–H groups in total. The van der Waals surface area contributed by atoms with E-state index in [1.54, 1.807) is 6.92 Å². The molecule has 7 nitrogen and oxygen atoms in total. The van der Waals surface area contributed by atoms with Crippen molar-refractivity contribution in [2.45, 2.75) is 65.0 Å². The molecular weight excluding hydrogens is 432 g/mol. The number of hydrogen-bond donors (Lipinski definition) is 3. The number of carboxylic acids is 1. The SMILES string of the molecule is CC[C@@H](NC(=O)OCC1c2ccccc2-c2ccccc21)C(=O)NC(CCC(C)(C)C)C(=O)O. The number of carboxylic acid groups (broad SMARTS) is 1. The van der Waals surface area contributed by atoms with Gasteiger partial charge in [0.25, 0.3) is 0 Å². The second-order valence-corrected chi connectivity index (χ2v) is 9.93. The standard InChI is InChI=1S/C27H34N2O5/c1-5-22(24(30)28-23(25(31)32)14-15-27(2,3)4)29-26(33)34-16-21-19-12-8-6-10-17(19)18-11-7-9-13-20(18)21/h6-13,21-23H,5,14-16H2,1-4H3,(H,28,30)(H,29,33)(H,31,32)/t22-,23?/m1/s1. The van der Waals surface area contributed by atoms with Crippen LogP contribution in [0.2, 0.25) is 0 Å². The normalized spacial score (nSPS) is 14.5. The Morgan fingerprint density at radius 2 is 1.50 bits per heavy atom. The number of aliphatic carboxylic acids is 1. The van der Waals surface area contributed by atoms with Gasteiger partial charge < -0.3 is 20.5 Å². The fourth-order valence-electron chi connectivity index (χ4n) is 4.24. The molecule has 0 bridgehead atoms. The predicted molar refractivity (Wildman–Crippen MR) is 131 cm³/mol. The van der Waals surface area contributed by atoms with Gasteiger partial charge in [-0.15, -0.1) is 0 Å². The molecule has 2 aromatic rings. The van der Waals surface area contributed by atoms with Crippen LogP contribution < -0.4 is 10.6 Å². The van der Waals surface area contributed by atoms with Gasteiger partial charge >= 0.3 is 12.1 Å². The number of fused-ring (bicyclic) bond motifs is 3. The number of hydrogen-bond acceptors (Lipinski definition) is 4. The Bertz CT molecular complexity index is 998. The summed E-state index contributed by atoms with van der Waals surface area (Å²) in [6.07, 6.45) is 0.555. The minimum absolute atomic E-state index is 0.0535. The molecule has 2 atom stereocenters. The van der Waals surface area contributed by atoms with Gasteiger partial charge in [0.2, 0.25) is 5.91 Å². The molecule has 3 rings (SSSR count). The zero-order valence-corrected chi connectivity index (χ0v) is 20.3. The first-order chi connectivity index (χ1) is 16.1. The van der Waals surface area contributed by atoms with Gasteiger partial charge in [0.05, 0.1) is 0 Å². The summed E-state index contributed by atoms with van der Waals surface area (Å²) in [6.45, 7) is 7.93. The molecule has 0 saturated heterocycles. The van der Waals surface area contributed by atoms with Crippen LogP contribution in [-0.2, 0) is 14.3 Å². The zero-order valence-electron chi connectivity index (χ0n) is 20.3. The fourth-order valence-corrected chi connectivity index (χ4v) is 4.24. The minimum Gasteiger partial charge on any atom is -0.480 e. The lowest BCUT2D eigenvalue weighted by atomic mass is 9.88. The number of nitrogens with one attached hydrogen (secondary N) is 2. The largest absolute Gasteiger partial charge is 0.480 e. The van der Waals surface area contributed by atoms with E-state index < -0.39 is 30.1 Å². The lowest BCUT2D eigenvalue weighted by Crippen LogP contribution is -2.51. The van der Waals surface area contributed by atoms with E-state index >= 15 is 0 Å². The molecule has 0 spiro atoms. The Balaban J connectivity index is 1.59. The highest BCUT2D eigenvalue weighted by atomic mass is 16.5. The van der Waals surface area contributed by atoms with Crippen molar-refractivity contribution in [1.29, 1.82) is 0 Å². The van der Waals surface area contributed by atoms with E-state index in [2.05, 4.69) is 22.8 Å². The second-order valence-electron chi connectivity index (χ2n) is 9.93. The van der Waals surface area contributed by atoms with Gasteiger partial charge in [0.1, 0.15) is 18.7 Å². The highest BCUT2D eigenvalue weighted by Gasteiger charge is 2.30. The summed E-state index contributed by atoms with van der Waals surface area (Å²) < 4.78 is 5.52. The van der Waals surface area contributed by atoms with Crippen molar-refractivity contribution in [3.63, 3.8) is 0 Å². The molecular formula is C27H34N2O5. The molecule has 1 aliphatic carbocycles.